The van der Waals surface area contributed by atoms with Gasteiger partial charge >= 0.3 is 5.97 Å². The summed E-state index contributed by atoms with van der Waals surface area (Å²) < 4.78 is 27.6. The number of halogens is 1. The van der Waals surface area contributed by atoms with E-state index in [0.29, 0.717) is 17.3 Å². The van der Waals surface area contributed by atoms with Crippen LogP contribution in [-0.4, -0.2) is 48.3 Å². The van der Waals surface area contributed by atoms with Crippen LogP contribution in [0.1, 0.15) is 38.7 Å². The molecule has 1 aromatic heterocycles. The first-order valence-electron chi connectivity index (χ1n) is 10.9. The molecule has 1 atom stereocenters. The van der Waals surface area contributed by atoms with Gasteiger partial charge in [0.1, 0.15) is 29.0 Å². The molecule has 11 nitrogen and oxygen atoms in total. The highest BCUT2D eigenvalue weighted by Crippen LogP contribution is 2.34. The van der Waals surface area contributed by atoms with Gasteiger partial charge in [-0.2, -0.15) is 4.37 Å². The van der Waals surface area contributed by atoms with Crippen molar-refractivity contribution in [2.45, 2.75) is 13.0 Å². The van der Waals surface area contributed by atoms with Gasteiger partial charge in [0.2, 0.25) is 5.91 Å². The summed E-state index contributed by atoms with van der Waals surface area (Å²) >= 11 is 0.637. The number of primary amides is 1. The molecule has 0 radical (unpaired) electrons. The summed E-state index contributed by atoms with van der Waals surface area (Å²) in [6.07, 6.45) is 0. The number of amides is 3. The molecule has 3 rings (SSSR count). The van der Waals surface area contributed by atoms with Gasteiger partial charge in [-0.1, -0.05) is 12.1 Å². The van der Waals surface area contributed by atoms with E-state index in [2.05, 4.69) is 9.69 Å². The third-order valence-electron chi connectivity index (χ3n) is 5.13. The molecule has 0 saturated carbocycles. The molecule has 0 aliphatic rings. The first-order chi connectivity index (χ1) is 17.7. The third-order valence-corrected chi connectivity index (χ3v) is 5.98. The van der Waals surface area contributed by atoms with E-state index in [1.54, 1.807) is 19.1 Å². The van der Waals surface area contributed by atoms with E-state index in [0.717, 1.165) is 17.0 Å². The highest BCUT2D eigenvalue weighted by atomic mass is 32.1. The van der Waals surface area contributed by atoms with E-state index < -0.39 is 42.1 Å². The number of ether oxygens (including phenoxy) is 2. The molecule has 0 spiro atoms. The standard InChI is InChI=1S/C24H24FN5O6S/c1-3-36-17(31)12-28-23(33)20(13-4-6-14(25)7-5-13)30(15-8-10-16(35-2)11-9-15)24(34)21-18(26)19(22(27)32)29-37-21/h4-11,20H,3,12,26H2,1-2H3,(H2,27,32)(H,28,33). The Morgan fingerprint density at radius 1 is 1.11 bits per heavy atom. The number of anilines is 2. The van der Waals surface area contributed by atoms with Gasteiger partial charge < -0.3 is 26.3 Å². The fraction of sp³-hybridized carbons (Fsp3) is 0.208. The van der Waals surface area contributed by atoms with Crippen LogP contribution in [0.15, 0.2) is 48.5 Å². The summed E-state index contributed by atoms with van der Waals surface area (Å²) in [6, 6.07) is 9.72. The lowest BCUT2D eigenvalue weighted by Gasteiger charge is -2.31. The molecule has 2 aromatic carbocycles. The highest BCUT2D eigenvalue weighted by Gasteiger charge is 2.36. The second-order valence-electron chi connectivity index (χ2n) is 7.49. The van der Waals surface area contributed by atoms with E-state index in [4.69, 9.17) is 20.9 Å². The van der Waals surface area contributed by atoms with Crippen LogP contribution >= 0.6 is 11.5 Å². The molecule has 0 fully saturated rings. The molecular weight excluding hydrogens is 505 g/mol. The van der Waals surface area contributed by atoms with Crippen molar-refractivity contribution in [3.05, 3.63) is 70.5 Å². The van der Waals surface area contributed by atoms with Gasteiger partial charge in [0.05, 0.1) is 19.4 Å². The molecule has 0 bridgehead atoms. The van der Waals surface area contributed by atoms with Crippen molar-refractivity contribution in [2.75, 3.05) is 30.9 Å². The number of hydrogen-bond donors (Lipinski definition) is 3. The number of benzene rings is 2. The lowest BCUT2D eigenvalue weighted by atomic mass is 10.0. The van der Waals surface area contributed by atoms with Crippen molar-refractivity contribution in [3.8, 4) is 5.75 Å². The van der Waals surface area contributed by atoms with Crippen LogP contribution in [0, 0.1) is 5.82 Å². The van der Waals surface area contributed by atoms with Crippen LogP contribution in [0.5, 0.6) is 5.75 Å². The van der Waals surface area contributed by atoms with Crippen molar-refractivity contribution in [1.82, 2.24) is 9.69 Å². The summed E-state index contributed by atoms with van der Waals surface area (Å²) in [6.45, 7) is 1.26. The summed E-state index contributed by atoms with van der Waals surface area (Å²) in [5.41, 5.74) is 11.2. The minimum atomic E-state index is -1.39. The summed E-state index contributed by atoms with van der Waals surface area (Å²) in [4.78, 5) is 51.8. The number of nitrogens with zero attached hydrogens (tertiary/aromatic N) is 2. The third kappa shape index (κ3) is 6.19. The molecule has 37 heavy (non-hydrogen) atoms. The van der Waals surface area contributed by atoms with E-state index >= 15 is 0 Å². The number of hydrogen-bond acceptors (Lipinski definition) is 9. The van der Waals surface area contributed by atoms with Gasteiger partial charge in [-0.15, -0.1) is 0 Å². The fourth-order valence-corrected chi connectivity index (χ4v) is 4.14. The Morgan fingerprint density at radius 3 is 2.30 bits per heavy atom. The molecule has 0 saturated heterocycles. The van der Waals surface area contributed by atoms with Gasteiger partial charge in [-0.05, 0) is 60.4 Å². The Balaban J connectivity index is 2.15. The van der Waals surface area contributed by atoms with Crippen molar-refractivity contribution in [3.63, 3.8) is 0 Å². The normalized spacial score (nSPS) is 11.3. The lowest BCUT2D eigenvalue weighted by Crippen LogP contribution is -2.45. The summed E-state index contributed by atoms with van der Waals surface area (Å²) in [5, 5.41) is 2.45. The number of esters is 1. The Hall–Kier alpha value is -4.52. The Morgan fingerprint density at radius 2 is 1.76 bits per heavy atom. The predicted molar refractivity (Wildman–Crippen MR) is 134 cm³/mol. The molecule has 1 heterocycles. The zero-order valence-corrected chi connectivity index (χ0v) is 20.7. The molecule has 0 aliphatic heterocycles. The maximum atomic E-state index is 13.9. The molecule has 0 aliphatic carbocycles. The Kier molecular flexibility index (Phi) is 8.74. The van der Waals surface area contributed by atoms with Gasteiger partial charge in [0.25, 0.3) is 11.8 Å². The van der Waals surface area contributed by atoms with Crippen molar-refractivity contribution in [1.29, 1.82) is 0 Å². The number of carbonyl (C=O) groups excluding carboxylic acids is 4. The SMILES string of the molecule is CCOC(=O)CNC(=O)C(c1ccc(F)cc1)N(C(=O)c1snc(C(N)=O)c1N)c1ccc(OC)cc1. The van der Waals surface area contributed by atoms with E-state index in [1.165, 1.54) is 31.4 Å². The van der Waals surface area contributed by atoms with E-state index in [9.17, 15) is 23.6 Å². The molecular formula is C24H24FN5O6S. The predicted octanol–water partition coefficient (Wildman–Crippen LogP) is 2.04. The van der Waals surface area contributed by atoms with Gasteiger partial charge in [-0.25, -0.2) is 4.39 Å². The van der Waals surface area contributed by atoms with Crippen LogP contribution in [0.4, 0.5) is 15.8 Å². The minimum absolute atomic E-state index is 0.111. The zero-order chi connectivity index (χ0) is 27.1. The van der Waals surface area contributed by atoms with Crippen LogP contribution in [0.2, 0.25) is 0 Å². The van der Waals surface area contributed by atoms with Crippen molar-refractivity contribution < 1.29 is 33.0 Å². The smallest absolute Gasteiger partial charge is 0.325 e. The number of nitrogens with two attached hydrogens (primary N) is 2. The van der Waals surface area contributed by atoms with Crippen LogP contribution in [-0.2, 0) is 14.3 Å². The maximum absolute atomic E-state index is 13.9. The first kappa shape index (κ1) is 27.1. The largest absolute Gasteiger partial charge is 0.497 e. The van der Waals surface area contributed by atoms with Gasteiger partial charge in [0.15, 0.2) is 5.69 Å². The number of rotatable bonds is 10. The molecule has 13 heteroatoms. The van der Waals surface area contributed by atoms with E-state index in [1.807, 2.05) is 0 Å². The molecule has 194 valence electrons. The quantitative estimate of drug-likeness (QED) is 0.335. The molecule has 1 unspecified atom stereocenters. The van der Waals surface area contributed by atoms with Crippen molar-refractivity contribution in [2.24, 2.45) is 5.73 Å². The number of carbonyl (C=O) groups is 4. The number of nitrogen functional groups attached to an aromatic ring is 1. The second kappa shape index (κ2) is 11.9. The lowest BCUT2D eigenvalue weighted by molar-refractivity contribution is -0.143. The number of nitrogens with one attached hydrogen (secondary N) is 1. The average Bonchev–Trinajstić information content (AvgIpc) is 3.28. The van der Waals surface area contributed by atoms with E-state index in [-0.39, 0.29) is 34.1 Å². The first-order valence-corrected chi connectivity index (χ1v) is 11.7. The molecule has 5 N–H and O–H groups in total. The van der Waals surface area contributed by atoms with Crippen LogP contribution in [0.25, 0.3) is 0 Å². The van der Waals surface area contributed by atoms with Gasteiger partial charge in [0, 0.05) is 5.69 Å². The van der Waals surface area contributed by atoms with Gasteiger partial charge in [-0.3, -0.25) is 24.1 Å². The molecule has 3 amide bonds. The fourth-order valence-electron chi connectivity index (χ4n) is 3.40. The van der Waals surface area contributed by atoms with Crippen molar-refractivity contribution >= 4 is 46.6 Å². The number of methoxy groups -OCH3 is 1. The monoisotopic (exact) mass is 529 g/mol. The molecule has 3 aromatic rings. The second-order valence-corrected chi connectivity index (χ2v) is 8.26. The summed E-state index contributed by atoms with van der Waals surface area (Å²) in [7, 11) is 1.46. The Labute approximate surface area is 215 Å². The summed E-state index contributed by atoms with van der Waals surface area (Å²) in [5.74, 6) is -3.24. The zero-order valence-electron chi connectivity index (χ0n) is 19.9. The number of aromatic nitrogens is 1. The Bertz CT molecular complexity index is 1300. The van der Waals surface area contributed by atoms with Crippen LogP contribution in [0.3, 0.4) is 0 Å². The van der Waals surface area contributed by atoms with Crippen LogP contribution < -0.4 is 26.4 Å². The highest BCUT2D eigenvalue weighted by molar-refractivity contribution is 7.09. The average molecular weight is 530 g/mol. The topological polar surface area (TPSA) is 167 Å². The minimum Gasteiger partial charge on any atom is -0.497 e. The maximum Gasteiger partial charge on any atom is 0.325 e.